The van der Waals surface area contributed by atoms with Crippen LogP contribution in [0, 0.1) is 11.3 Å². The predicted octanol–water partition coefficient (Wildman–Crippen LogP) is 3.69. The number of aromatic nitrogens is 2. The van der Waals surface area contributed by atoms with Gasteiger partial charge in [-0.2, -0.15) is 15.5 Å². The molecule has 4 nitrogen and oxygen atoms in total. The summed E-state index contributed by atoms with van der Waals surface area (Å²) in [4.78, 5) is 0. The summed E-state index contributed by atoms with van der Waals surface area (Å²) in [7, 11) is 1.64. The minimum Gasteiger partial charge on any atom is -0.497 e. The average molecular weight is 287 g/mol. The van der Waals surface area contributed by atoms with Crippen LogP contribution in [0.5, 0.6) is 5.75 Å². The van der Waals surface area contributed by atoms with Crippen LogP contribution >= 0.6 is 0 Å². The molecule has 0 atom stereocenters. The third-order valence-corrected chi connectivity index (χ3v) is 3.37. The molecule has 0 radical (unpaired) electrons. The predicted molar refractivity (Wildman–Crippen MR) is 84.2 cm³/mol. The van der Waals surface area contributed by atoms with Crippen molar-refractivity contribution in [2.24, 2.45) is 0 Å². The molecule has 1 heterocycles. The highest BCUT2D eigenvalue weighted by Gasteiger charge is 2.05. The summed E-state index contributed by atoms with van der Waals surface area (Å²) >= 11 is 0. The van der Waals surface area contributed by atoms with Gasteiger partial charge in [0.15, 0.2) is 0 Å². The maximum atomic E-state index is 9.00. The molecule has 0 saturated carbocycles. The topological polar surface area (TPSA) is 58.8 Å². The molecule has 0 aliphatic heterocycles. The Morgan fingerprint density at radius 2 is 1.77 bits per heavy atom. The summed E-state index contributed by atoms with van der Waals surface area (Å²) in [6, 6.07) is 19.2. The van der Waals surface area contributed by atoms with E-state index in [1.807, 2.05) is 48.5 Å². The van der Waals surface area contributed by atoms with Crippen molar-refractivity contribution < 1.29 is 4.74 Å². The lowest BCUT2D eigenvalue weighted by atomic mass is 10.0. The van der Waals surface area contributed by atoms with Crippen molar-refractivity contribution in [1.82, 2.24) is 10.2 Å². The van der Waals surface area contributed by atoms with Crippen LogP contribution in [0.4, 0.5) is 0 Å². The first-order chi connectivity index (χ1) is 10.8. The standard InChI is InChI=1S/C18H13N3O/c1-22-17-7-5-14(6-8-17)18-10-16(12-20-21-18)15-4-2-3-13(9-15)11-19/h2-10,12H,1H3. The Balaban J connectivity index is 2.00. The quantitative estimate of drug-likeness (QED) is 0.737. The molecule has 106 valence electrons. The Kier molecular flexibility index (Phi) is 3.80. The van der Waals surface area contributed by atoms with Crippen LogP contribution in [-0.4, -0.2) is 17.3 Å². The molecular weight excluding hydrogens is 274 g/mol. The molecule has 0 aliphatic carbocycles. The molecule has 0 N–H and O–H groups in total. The third kappa shape index (κ3) is 2.79. The summed E-state index contributed by atoms with van der Waals surface area (Å²) in [5, 5.41) is 17.2. The average Bonchev–Trinajstić information content (AvgIpc) is 2.62. The molecule has 0 saturated heterocycles. The van der Waals surface area contributed by atoms with E-state index in [-0.39, 0.29) is 0 Å². The molecule has 2 aromatic carbocycles. The van der Waals surface area contributed by atoms with Crippen LogP contribution in [0.3, 0.4) is 0 Å². The van der Waals surface area contributed by atoms with Crippen molar-refractivity contribution in [3.63, 3.8) is 0 Å². The molecule has 0 spiro atoms. The molecule has 22 heavy (non-hydrogen) atoms. The van der Waals surface area contributed by atoms with E-state index < -0.39 is 0 Å². The van der Waals surface area contributed by atoms with Gasteiger partial charge in [0, 0.05) is 11.1 Å². The molecular formula is C18H13N3O. The molecule has 3 rings (SSSR count). The fourth-order valence-corrected chi connectivity index (χ4v) is 2.20. The van der Waals surface area contributed by atoms with E-state index >= 15 is 0 Å². The maximum Gasteiger partial charge on any atom is 0.118 e. The summed E-state index contributed by atoms with van der Waals surface area (Å²) in [5.74, 6) is 0.801. The van der Waals surface area contributed by atoms with E-state index in [0.29, 0.717) is 5.56 Å². The van der Waals surface area contributed by atoms with Crippen LogP contribution in [0.15, 0.2) is 60.8 Å². The van der Waals surface area contributed by atoms with Crippen LogP contribution in [0.25, 0.3) is 22.4 Å². The highest BCUT2D eigenvalue weighted by atomic mass is 16.5. The van der Waals surface area contributed by atoms with Crippen molar-refractivity contribution in [2.75, 3.05) is 7.11 Å². The van der Waals surface area contributed by atoms with Gasteiger partial charge >= 0.3 is 0 Å². The van der Waals surface area contributed by atoms with Gasteiger partial charge in [-0.3, -0.25) is 0 Å². The van der Waals surface area contributed by atoms with Gasteiger partial charge in [-0.25, -0.2) is 0 Å². The van der Waals surface area contributed by atoms with E-state index in [4.69, 9.17) is 10.00 Å². The molecule has 0 bridgehead atoms. The monoisotopic (exact) mass is 287 g/mol. The molecule has 0 aliphatic rings. The number of hydrogen-bond donors (Lipinski definition) is 0. The van der Waals surface area contributed by atoms with E-state index in [0.717, 1.165) is 28.1 Å². The minimum atomic E-state index is 0.625. The summed E-state index contributed by atoms with van der Waals surface area (Å²) in [5.41, 5.74) is 4.25. The Morgan fingerprint density at radius 1 is 0.955 bits per heavy atom. The zero-order valence-electron chi connectivity index (χ0n) is 12.0. The van der Waals surface area contributed by atoms with Crippen molar-refractivity contribution in [3.8, 4) is 34.2 Å². The largest absolute Gasteiger partial charge is 0.497 e. The number of hydrogen-bond acceptors (Lipinski definition) is 4. The molecule has 3 aromatic rings. The highest BCUT2D eigenvalue weighted by molar-refractivity contribution is 5.70. The van der Waals surface area contributed by atoms with Gasteiger partial charge < -0.3 is 4.74 Å². The first-order valence-corrected chi connectivity index (χ1v) is 6.78. The fraction of sp³-hybridized carbons (Fsp3) is 0.0556. The number of benzene rings is 2. The summed E-state index contributed by atoms with van der Waals surface area (Å²) in [6.07, 6.45) is 1.70. The second-order valence-electron chi connectivity index (χ2n) is 4.75. The molecule has 0 fully saturated rings. The van der Waals surface area contributed by atoms with E-state index in [9.17, 15) is 0 Å². The van der Waals surface area contributed by atoms with Gasteiger partial charge in [-0.1, -0.05) is 12.1 Å². The third-order valence-electron chi connectivity index (χ3n) is 3.37. The van der Waals surface area contributed by atoms with E-state index in [1.54, 1.807) is 19.4 Å². The lowest BCUT2D eigenvalue weighted by molar-refractivity contribution is 0.415. The number of ether oxygens (including phenoxy) is 1. The smallest absolute Gasteiger partial charge is 0.118 e. The van der Waals surface area contributed by atoms with Gasteiger partial charge in [-0.05, 0) is 48.0 Å². The first-order valence-electron chi connectivity index (χ1n) is 6.78. The zero-order valence-corrected chi connectivity index (χ0v) is 12.0. The minimum absolute atomic E-state index is 0.625. The SMILES string of the molecule is COc1ccc(-c2cc(-c3cccc(C#N)c3)cnn2)cc1. The van der Waals surface area contributed by atoms with Gasteiger partial charge in [-0.15, -0.1) is 0 Å². The number of methoxy groups -OCH3 is 1. The Labute approximate surface area is 128 Å². The van der Waals surface area contributed by atoms with Gasteiger partial charge in [0.2, 0.25) is 0 Å². The van der Waals surface area contributed by atoms with Crippen molar-refractivity contribution in [1.29, 1.82) is 5.26 Å². The number of nitrogens with zero attached hydrogens (tertiary/aromatic N) is 3. The second kappa shape index (κ2) is 6.06. The molecule has 0 unspecified atom stereocenters. The summed E-state index contributed by atoms with van der Waals surface area (Å²) < 4.78 is 5.16. The maximum absolute atomic E-state index is 9.00. The van der Waals surface area contributed by atoms with Crippen molar-refractivity contribution in [3.05, 3.63) is 66.4 Å². The van der Waals surface area contributed by atoms with Gasteiger partial charge in [0.1, 0.15) is 5.75 Å². The Hall–Kier alpha value is -3.19. The van der Waals surface area contributed by atoms with Crippen molar-refractivity contribution >= 4 is 0 Å². The van der Waals surface area contributed by atoms with Crippen LogP contribution < -0.4 is 4.74 Å². The lowest BCUT2D eigenvalue weighted by Crippen LogP contribution is -1.90. The van der Waals surface area contributed by atoms with Crippen LogP contribution in [0.1, 0.15) is 5.56 Å². The Bertz CT molecular complexity index is 835. The highest BCUT2D eigenvalue weighted by Crippen LogP contribution is 2.25. The molecule has 4 heteroatoms. The van der Waals surface area contributed by atoms with Gasteiger partial charge in [0.05, 0.1) is 30.6 Å². The zero-order chi connectivity index (χ0) is 15.4. The fourth-order valence-electron chi connectivity index (χ4n) is 2.20. The van der Waals surface area contributed by atoms with Crippen LogP contribution in [-0.2, 0) is 0 Å². The van der Waals surface area contributed by atoms with E-state index in [2.05, 4.69) is 16.3 Å². The second-order valence-corrected chi connectivity index (χ2v) is 4.75. The Morgan fingerprint density at radius 3 is 2.50 bits per heavy atom. The van der Waals surface area contributed by atoms with Crippen LogP contribution in [0.2, 0.25) is 0 Å². The first kappa shape index (κ1) is 13.8. The lowest BCUT2D eigenvalue weighted by Gasteiger charge is -2.05. The van der Waals surface area contributed by atoms with Crippen molar-refractivity contribution in [2.45, 2.75) is 0 Å². The van der Waals surface area contributed by atoms with Gasteiger partial charge in [0.25, 0.3) is 0 Å². The molecule has 1 aromatic heterocycles. The number of rotatable bonds is 3. The number of nitriles is 1. The van der Waals surface area contributed by atoms with E-state index in [1.165, 1.54) is 0 Å². The normalized spacial score (nSPS) is 10.0. The molecule has 0 amide bonds. The summed E-state index contributed by atoms with van der Waals surface area (Å²) in [6.45, 7) is 0.